The molecule has 0 radical (unpaired) electrons. The Hall–Kier alpha value is -3.87. The van der Waals surface area contributed by atoms with Crippen LogP contribution in [0.2, 0.25) is 0 Å². The molecule has 0 bridgehead atoms. The largest absolute Gasteiger partial charge is 0.334 e. The number of benzene rings is 2. The smallest absolute Gasteiger partial charge is 0.319 e. The maximum atomic E-state index is 12.4. The number of hydrogen-bond acceptors (Lipinski definition) is 3. The third-order valence-corrected chi connectivity index (χ3v) is 3.74. The number of rotatable bonds is 6. The van der Waals surface area contributed by atoms with E-state index in [0.29, 0.717) is 23.5 Å². The highest BCUT2D eigenvalue weighted by molar-refractivity contribution is 6.04. The van der Waals surface area contributed by atoms with Crippen LogP contribution in [0.1, 0.15) is 10.4 Å². The predicted octanol–water partition coefficient (Wildman–Crippen LogP) is 3.43. The van der Waals surface area contributed by atoms with Gasteiger partial charge >= 0.3 is 6.03 Å². The third kappa shape index (κ3) is 4.82. The summed E-state index contributed by atoms with van der Waals surface area (Å²) in [4.78, 5) is 28.0. The van der Waals surface area contributed by atoms with Crippen LogP contribution < -0.4 is 16.0 Å². The van der Waals surface area contributed by atoms with Gasteiger partial charge in [-0.1, -0.05) is 6.08 Å². The van der Waals surface area contributed by atoms with Gasteiger partial charge in [0.15, 0.2) is 0 Å². The topological polar surface area (TPSA) is 88.0 Å². The van der Waals surface area contributed by atoms with E-state index in [1.54, 1.807) is 55.0 Å². The Bertz CT molecular complexity index is 916. The summed E-state index contributed by atoms with van der Waals surface area (Å²) in [5, 5.41) is 8.14. The lowest BCUT2D eigenvalue weighted by Gasteiger charge is -2.09. The van der Waals surface area contributed by atoms with E-state index < -0.39 is 0 Å². The number of anilines is 2. The van der Waals surface area contributed by atoms with Crippen LogP contribution in [0.4, 0.5) is 16.2 Å². The molecule has 1 heterocycles. The number of urea groups is 1. The van der Waals surface area contributed by atoms with Crippen molar-refractivity contribution in [3.05, 3.63) is 85.5 Å². The fourth-order valence-electron chi connectivity index (χ4n) is 2.38. The Morgan fingerprint density at radius 1 is 1.00 bits per heavy atom. The molecule has 1 aromatic heterocycles. The molecule has 7 nitrogen and oxygen atoms in total. The zero-order chi connectivity index (χ0) is 19.1. The fourth-order valence-corrected chi connectivity index (χ4v) is 2.38. The minimum absolute atomic E-state index is 0.211. The van der Waals surface area contributed by atoms with Crippen molar-refractivity contribution < 1.29 is 9.59 Å². The third-order valence-electron chi connectivity index (χ3n) is 3.74. The summed E-state index contributed by atoms with van der Waals surface area (Å²) < 4.78 is 1.86. The summed E-state index contributed by atoms with van der Waals surface area (Å²) in [6.45, 7) is 3.92. The second kappa shape index (κ2) is 8.48. The van der Waals surface area contributed by atoms with E-state index in [-0.39, 0.29) is 11.9 Å². The van der Waals surface area contributed by atoms with Crippen molar-refractivity contribution in [2.24, 2.45) is 0 Å². The van der Waals surface area contributed by atoms with Crippen LogP contribution in [0.25, 0.3) is 5.69 Å². The van der Waals surface area contributed by atoms with Crippen molar-refractivity contribution in [3.63, 3.8) is 0 Å². The zero-order valence-corrected chi connectivity index (χ0v) is 14.6. The molecule has 3 aromatic rings. The molecule has 0 aliphatic rings. The maximum absolute atomic E-state index is 12.4. The zero-order valence-electron chi connectivity index (χ0n) is 14.6. The molecular formula is C20H19N5O2. The van der Waals surface area contributed by atoms with Gasteiger partial charge in [0.25, 0.3) is 5.91 Å². The first-order chi connectivity index (χ1) is 13.2. The quantitative estimate of drug-likeness (QED) is 0.588. The summed E-state index contributed by atoms with van der Waals surface area (Å²) in [7, 11) is 0. The number of nitrogens with one attached hydrogen (secondary N) is 3. The van der Waals surface area contributed by atoms with E-state index in [4.69, 9.17) is 0 Å². The highest BCUT2D eigenvalue weighted by Gasteiger charge is 2.07. The number of carbonyl (C=O) groups excluding carboxylic acids is 2. The van der Waals surface area contributed by atoms with E-state index in [1.165, 1.54) is 0 Å². The van der Waals surface area contributed by atoms with E-state index in [2.05, 4.69) is 27.5 Å². The standard InChI is InChI=1S/C20H19N5O2/c1-2-11-22-20(27)24-17-7-5-16(6-8-17)23-19(26)15-3-9-18(10-4-15)25-13-12-21-14-25/h2-10,12-14H,1,11H2,(H,23,26)(H2,22,24,27). The second-order valence-electron chi connectivity index (χ2n) is 5.67. The lowest BCUT2D eigenvalue weighted by molar-refractivity contribution is 0.102. The van der Waals surface area contributed by atoms with Gasteiger partial charge in [-0.15, -0.1) is 6.58 Å². The molecule has 7 heteroatoms. The van der Waals surface area contributed by atoms with Gasteiger partial charge in [-0.05, 0) is 48.5 Å². The molecule has 0 spiro atoms. The van der Waals surface area contributed by atoms with Gasteiger partial charge in [-0.3, -0.25) is 4.79 Å². The molecule has 0 fully saturated rings. The first-order valence-corrected chi connectivity index (χ1v) is 8.31. The first kappa shape index (κ1) is 17.9. The Labute approximate surface area is 156 Å². The van der Waals surface area contributed by atoms with Crippen LogP contribution in [0.5, 0.6) is 0 Å². The van der Waals surface area contributed by atoms with Gasteiger partial charge < -0.3 is 20.5 Å². The predicted molar refractivity (Wildman–Crippen MR) is 105 cm³/mol. The molecule has 2 aromatic carbocycles. The SMILES string of the molecule is C=CCNC(=O)Nc1ccc(NC(=O)c2ccc(-n3ccnc3)cc2)cc1. The summed E-state index contributed by atoms with van der Waals surface area (Å²) in [5.74, 6) is -0.211. The average molecular weight is 361 g/mol. The molecule has 3 amide bonds. The van der Waals surface area contributed by atoms with Gasteiger partial charge in [-0.2, -0.15) is 0 Å². The highest BCUT2D eigenvalue weighted by Crippen LogP contribution is 2.15. The maximum Gasteiger partial charge on any atom is 0.319 e. The van der Waals surface area contributed by atoms with Crippen molar-refractivity contribution in [2.75, 3.05) is 17.2 Å². The molecule has 136 valence electrons. The molecule has 0 aliphatic carbocycles. The number of nitrogens with zero attached hydrogens (tertiary/aromatic N) is 2. The normalized spacial score (nSPS) is 10.1. The van der Waals surface area contributed by atoms with Crippen molar-refractivity contribution >= 4 is 23.3 Å². The van der Waals surface area contributed by atoms with Crippen LogP contribution in [0.3, 0.4) is 0 Å². The number of aromatic nitrogens is 2. The first-order valence-electron chi connectivity index (χ1n) is 8.31. The summed E-state index contributed by atoms with van der Waals surface area (Å²) >= 11 is 0. The van der Waals surface area contributed by atoms with Crippen LogP contribution in [-0.4, -0.2) is 28.0 Å². The summed E-state index contributed by atoms with van der Waals surface area (Å²) in [5.41, 5.74) is 2.73. The minimum atomic E-state index is -0.315. The van der Waals surface area contributed by atoms with Crippen LogP contribution in [0, 0.1) is 0 Å². The average Bonchev–Trinajstić information content (AvgIpc) is 3.23. The summed E-state index contributed by atoms with van der Waals surface area (Å²) in [6.07, 6.45) is 6.83. The van der Waals surface area contributed by atoms with Gasteiger partial charge in [0, 0.05) is 41.6 Å². The lowest BCUT2D eigenvalue weighted by atomic mass is 10.2. The second-order valence-corrected chi connectivity index (χ2v) is 5.67. The molecule has 27 heavy (non-hydrogen) atoms. The van der Waals surface area contributed by atoms with Gasteiger partial charge in [-0.25, -0.2) is 9.78 Å². The van der Waals surface area contributed by atoms with Crippen LogP contribution in [-0.2, 0) is 0 Å². The van der Waals surface area contributed by atoms with Crippen molar-refractivity contribution in [3.8, 4) is 5.69 Å². The number of imidazole rings is 1. The van der Waals surface area contributed by atoms with Gasteiger partial charge in [0.1, 0.15) is 0 Å². The van der Waals surface area contributed by atoms with Gasteiger partial charge in [0.05, 0.1) is 6.33 Å². The van der Waals surface area contributed by atoms with E-state index in [0.717, 1.165) is 5.69 Å². The fraction of sp³-hybridized carbons (Fsp3) is 0.0500. The van der Waals surface area contributed by atoms with Crippen molar-refractivity contribution in [1.29, 1.82) is 0 Å². The number of amides is 3. The van der Waals surface area contributed by atoms with Crippen LogP contribution >= 0.6 is 0 Å². The van der Waals surface area contributed by atoms with Crippen LogP contribution in [0.15, 0.2) is 79.9 Å². The monoisotopic (exact) mass is 361 g/mol. The molecule has 0 atom stereocenters. The molecule has 3 rings (SSSR count). The van der Waals surface area contributed by atoms with E-state index >= 15 is 0 Å². The minimum Gasteiger partial charge on any atom is -0.334 e. The molecule has 0 saturated heterocycles. The molecule has 0 aliphatic heterocycles. The lowest BCUT2D eigenvalue weighted by Crippen LogP contribution is -2.28. The Balaban J connectivity index is 1.59. The molecule has 0 unspecified atom stereocenters. The Kier molecular flexibility index (Phi) is 5.64. The van der Waals surface area contributed by atoms with Gasteiger partial charge in [0.2, 0.25) is 0 Å². The molecule has 0 saturated carbocycles. The van der Waals surface area contributed by atoms with Crippen molar-refractivity contribution in [2.45, 2.75) is 0 Å². The van der Waals surface area contributed by atoms with E-state index in [9.17, 15) is 9.59 Å². The molecule has 3 N–H and O–H groups in total. The number of carbonyl (C=O) groups is 2. The Morgan fingerprint density at radius 2 is 1.67 bits per heavy atom. The van der Waals surface area contributed by atoms with E-state index in [1.807, 2.05) is 22.9 Å². The Morgan fingerprint density at radius 3 is 2.26 bits per heavy atom. The van der Waals surface area contributed by atoms with Crippen molar-refractivity contribution in [1.82, 2.24) is 14.9 Å². The number of hydrogen-bond donors (Lipinski definition) is 3. The molecular weight excluding hydrogens is 342 g/mol. The highest BCUT2D eigenvalue weighted by atomic mass is 16.2. The summed E-state index contributed by atoms with van der Waals surface area (Å²) in [6, 6.07) is 13.8.